The predicted octanol–water partition coefficient (Wildman–Crippen LogP) is 2.41. The molecule has 0 amide bonds. The molecule has 0 bridgehead atoms. The van der Waals surface area contributed by atoms with E-state index in [1.165, 1.54) is 0 Å². The molecular formula is C11H23ClO4S. The van der Waals surface area contributed by atoms with Gasteiger partial charge in [0, 0.05) is 10.7 Å². The number of hydrogen-bond acceptors (Lipinski definition) is 4. The fourth-order valence-electron chi connectivity index (χ4n) is 1.22. The normalized spacial score (nSPS) is 14.9. The quantitative estimate of drug-likeness (QED) is 0.508. The highest BCUT2D eigenvalue weighted by Gasteiger charge is 2.16. The molecule has 4 nitrogen and oxygen atoms in total. The molecular weight excluding hydrogens is 264 g/mol. The molecule has 0 fully saturated rings. The minimum atomic E-state index is -3.44. The lowest BCUT2D eigenvalue weighted by Crippen LogP contribution is -2.23. The van der Waals surface area contributed by atoms with E-state index in [0.29, 0.717) is 19.8 Å². The van der Waals surface area contributed by atoms with Crippen LogP contribution in [0, 0.1) is 5.92 Å². The van der Waals surface area contributed by atoms with Gasteiger partial charge >= 0.3 is 0 Å². The van der Waals surface area contributed by atoms with E-state index in [2.05, 4.69) is 0 Å². The summed E-state index contributed by atoms with van der Waals surface area (Å²) in [5.41, 5.74) is -0.174. The lowest BCUT2D eigenvalue weighted by Gasteiger charge is -2.20. The zero-order valence-corrected chi connectivity index (χ0v) is 12.6. The van der Waals surface area contributed by atoms with Crippen LogP contribution in [-0.2, 0) is 18.5 Å². The molecule has 0 aromatic rings. The zero-order valence-electron chi connectivity index (χ0n) is 11.0. The average molecular weight is 287 g/mol. The second kappa shape index (κ2) is 7.56. The highest BCUT2D eigenvalue weighted by molar-refractivity contribution is 8.13. The molecule has 0 aliphatic heterocycles. The summed E-state index contributed by atoms with van der Waals surface area (Å²) in [5, 5.41) is 0. The molecule has 0 heterocycles. The fraction of sp³-hybridized carbons (Fsp3) is 1.00. The van der Waals surface area contributed by atoms with Gasteiger partial charge in [-0.3, -0.25) is 0 Å². The highest BCUT2D eigenvalue weighted by Crippen LogP contribution is 2.11. The average Bonchev–Trinajstić information content (AvgIpc) is 2.11. The maximum absolute atomic E-state index is 10.9. The van der Waals surface area contributed by atoms with Crippen molar-refractivity contribution in [3.8, 4) is 0 Å². The number of hydrogen-bond donors (Lipinski definition) is 0. The van der Waals surface area contributed by atoms with Gasteiger partial charge in [-0.25, -0.2) is 8.42 Å². The van der Waals surface area contributed by atoms with E-state index >= 15 is 0 Å². The predicted molar refractivity (Wildman–Crippen MR) is 69.9 cm³/mol. The Morgan fingerprint density at radius 3 is 2.24 bits per heavy atom. The van der Waals surface area contributed by atoms with Crippen molar-refractivity contribution in [2.45, 2.75) is 39.7 Å². The summed E-state index contributed by atoms with van der Waals surface area (Å²) in [7, 11) is 1.76. The van der Waals surface area contributed by atoms with Crippen molar-refractivity contribution in [3.05, 3.63) is 0 Å². The molecule has 0 aliphatic carbocycles. The van der Waals surface area contributed by atoms with Gasteiger partial charge in [-0.05, 0) is 26.7 Å². The number of rotatable bonds is 8. The van der Waals surface area contributed by atoms with E-state index in [0.717, 1.165) is 6.42 Å². The van der Waals surface area contributed by atoms with Crippen LogP contribution in [0.4, 0.5) is 0 Å². The summed E-state index contributed by atoms with van der Waals surface area (Å²) >= 11 is 0. The minimum Gasteiger partial charge on any atom is -0.379 e. The Morgan fingerprint density at radius 1 is 1.24 bits per heavy atom. The SMILES string of the molecule is CCC(COCCOC(C)(C)C)CS(=O)(=O)Cl. The van der Waals surface area contributed by atoms with Gasteiger partial charge in [0.25, 0.3) is 0 Å². The first kappa shape index (κ1) is 17.2. The minimum absolute atomic E-state index is 0.0365. The van der Waals surface area contributed by atoms with Crippen LogP contribution in [0.1, 0.15) is 34.1 Å². The molecule has 6 heteroatoms. The molecule has 0 radical (unpaired) electrons. The summed E-state index contributed by atoms with van der Waals surface area (Å²) in [6.45, 7) is 9.22. The van der Waals surface area contributed by atoms with Crippen molar-refractivity contribution in [2.24, 2.45) is 5.92 Å². The molecule has 17 heavy (non-hydrogen) atoms. The van der Waals surface area contributed by atoms with Crippen LogP contribution >= 0.6 is 10.7 Å². The van der Waals surface area contributed by atoms with Crippen LogP contribution in [0.5, 0.6) is 0 Å². The highest BCUT2D eigenvalue weighted by atomic mass is 35.7. The second-order valence-electron chi connectivity index (χ2n) is 5.02. The Balaban J connectivity index is 3.72. The Kier molecular flexibility index (Phi) is 7.63. The van der Waals surface area contributed by atoms with Crippen molar-refractivity contribution in [2.75, 3.05) is 25.6 Å². The molecule has 0 aliphatic rings. The molecule has 104 valence electrons. The van der Waals surface area contributed by atoms with Crippen molar-refractivity contribution in [1.29, 1.82) is 0 Å². The number of halogens is 1. The Bertz CT molecular complexity index is 295. The van der Waals surface area contributed by atoms with Crippen LogP contribution in [0.25, 0.3) is 0 Å². The van der Waals surface area contributed by atoms with E-state index in [9.17, 15) is 8.42 Å². The molecule has 0 N–H and O–H groups in total. The van der Waals surface area contributed by atoms with Crippen LogP contribution in [0.15, 0.2) is 0 Å². The second-order valence-corrected chi connectivity index (χ2v) is 7.84. The van der Waals surface area contributed by atoms with Gasteiger partial charge in [0.05, 0.1) is 31.2 Å². The first-order valence-corrected chi connectivity index (χ1v) is 8.26. The van der Waals surface area contributed by atoms with E-state index < -0.39 is 9.05 Å². The molecule has 0 saturated carbocycles. The van der Waals surface area contributed by atoms with Crippen LogP contribution in [-0.4, -0.2) is 39.6 Å². The summed E-state index contributed by atoms with van der Waals surface area (Å²) in [6.07, 6.45) is 0.728. The van der Waals surface area contributed by atoms with E-state index in [-0.39, 0.29) is 17.3 Å². The van der Waals surface area contributed by atoms with E-state index in [1.54, 1.807) is 0 Å². The van der Waals surface area contributed by atoms with Crippen LogP contribution in [0.3, 0.4) is 0 Å². The maximum atomic E-state index is 10.9. The fourth-order valence-corrected chi connectivity index (χ4v) is 2.65. The van der Waals surface area contributed by atoms with Crippen molar-refractivity contribution < 1.29 is 17.9 Å². The van der Waals surface area contributed by atoms with Crippen molar-refractivity contribution in [3.63, 3.8) is 0 Å². The topological polar surface area (TPSA) is 52.6 Å². The smallest absolute Gasteiger partial charge is 0.232 e. The lowest BCUT2D eigenvalue weighted by molar-refractivity contribution is -0.0385. The van der Waals surface area contributed by atoms with Crippen LogP contribution in [0.2, 0.25) is 0 Å². The van der Waals surface area contributed by atoms with Crippen LogP contribution < -0.4 is 0 Å². The monoisotopic (exact) mass is 286 g/mol. The van der Waals surface area contributed by atoms with Gasteiger partial charge < -0.3 is 9.47 Å². The Morgan fingerprint density at radius 2 is 1.82 bits per heavy atom. The van der Waals surface area contributed by atoms with E-state index in [4.69, 9.17) is 20.2 Å². The largest absolute Gasteiger partial charge is 0.379 e. The zero-order chi connectivity index (χ0) is 13.5. The third-order valence-electron chi connectivity index (χ3n) is 2.13. The number of ether oxygens (including phenoxy) is 2. The molecule has 0 saturated heterocycles. The van der Waals surface area contributed by atoms with Crippen molar-refractivity contribution >= 4 is 19.7 Å². The Labute approximate surface area is 109 Å². The summed E-state index contributed by atoms with van der Waals surface area (Å²) in [5.74, 6) is -0.0855. The van der Waals surface area contributed by atoms with Crippen molar-refractivity contribution in [1.82, 2.24) is 0 Å². The Hall–Kier alpha value is 0.160. The van der Waals surface area contributed by atoms with Gasteiger partial charge in [0.15, 0.2) is 0 Å². The molecule has 1 unspecified atom stereocenters. The van der Waals surface area contributed by atoms with E-state index in [1.807, 2.05) is 27.7 Å². The summed E-state index contributed by atoms with van der Waals surface area (Å²) < 4.78 is 32.7. The molecule has 0 rings (SSSR count). The molecule has 0 spiro atoms. The first-order chi connectivity index (χ1) is 7.64. The summed E-state index contributed by atoms with van der Waals surface area (Å²) in [6, 6.07) is 0. The third-order valence-corrected chi connectivity index (χ3v) is 3.38. The molecule has 0 aromatic heterocycles. The lowest BCUT2D eigenvalue weighted by atomic mass is 10.1. The van der Waals surface area contributed by atoms with Gasteiger partial charge in [-0.2, -0.15) is 0 Å². The van der Waals surface area contributed by atoms with Gasteiger partial charge in [-0.1, -0.05) is 13.3 Å². The molecule has 0 aromatic carbocycles. The van der Waals surface area contributed by atoms with Gasteiger partial charge in [0.1, 0.15) is 0 Å². The third kappa shape index (κ3) is 12.4. The van der Waals surface area contributed by atoms with Gasteiger partial charge in [0.2, 0.25) is 9.05 Å². The molecule has 1 atom stereocenters. The first-order valence-electron chi connectivity index (χ1n) is 5.78. The van der Waals surface area contributed by atoms with Gasteiger partial charge in [-0.15, -0.1) is 0 Å². The standard InChI is InChI=1S/C11H23ClO4S/c1-5-10(9-17(12,13)14)8-15-6-7-16-11(2,3)4/h10H,5-9H2,1-4H3. The summed E-state index contributed by atoms with van der Waals surface area (Å²) in [4.78, 5) is 0. The maximum Gasteiger partial charge on any atom is 0.232 e.